The molecule has 8 heteroatoms. The summed E-state index contributed by atoms with van der Waals surface area (Å²) in [6, 6.07) is 16.7. The highest BCUT2D eigenvalue weighted by atomic mass is 32.2. The first-order valence-corrected chi connectivity index (χ1v) is 10.0. The molecule has 3 rings (SSSR count). The van der Waals surface area contributed by atoms with Crippen molar-refractivity contribution in [3.63, 3.8) is 0 Å². The number of methoxy groups -OCH3 is 1. The third-order valence-electron chi connectivity index (χ3n) is 4.10. The van der Waals surface area contributed by atoms with Crippen molar-refractivity contribution in [1.29, 1.82) is 5.26 Å². The molecule has 2 aromatic carbocycles. The number of hydrogen-bond acceptors (Lipinski definition) is 7. The van der Waals surface area contributed by atoms with Crippen molar-refractivity contribution >= 4 is 17.5 Å². The van der Waals surface area contributed by atoms with Gasteiger partial charge in [0.25, 0.3) is 5.56 Å². The van der Waals surface area contributed by atoms with Crippen molar-refractivity contribution < 1.29 is 14.3 Å². The van der Waals surface area contributed by atoms with Crippen LogP contribution in [0.4, 0.5) is 0 Å². The summed E-state index contributed by atoms with van der Waals surface area (Å²) in [5.74, 6) is 1.10. The van der Waals surface area contributed by atoms with Gasteiger partial charge < -0.3 is 14.5 Å². The van der Waals surface area contributed by atoms with E-state index in [0.29, 0.717) is 23.7 Å². The lowest BCUT2D eigenvalue weighted by atomic mass is 10.1. The Morgan fingerprint density at radius 2 is 1.97 bits per heavy atom. The molecular weight excluding hydrogens is 402 g/mol. The number of Topliss-reactive ketones (excluding diaryl/α,β-unsaturated/α-hetero) is 1. The van der Waals surface area contributed by atoms with E-state index in [1.165, 1.54) is 14.0 Å². The second-order valence-corrected chi connectivity index (χ2v) is 7.30. The average molecular weight is 421 g/mol. The van der Waals surface area contributed by atoms with E-state index in [1.807, 2.05) is 36.4 Å². The maximum atomic E-state index is 12.3. The standard InChI is InChI=1S/C22H19N3O4S/c1-14(26)13-30-22-24-20(17(11-23)21(27)25-22)16-8-9-18(19(10-16)28-2)29-12-15-6-4-3-5-7-15/h3-10H,12-13H2,1-2H3,(H,24,25,27). The summed E-state index contributed by atoms with van der Waals surface area (Å²) in [6.07, 6.45) is 0. The van der Waals surface area contributed by atoms with E-state index in [0.717, 1.165) is 17.3 Å². The molecule has 0 fully saturated rings. The number of benzene rings is 2. The zero-order valence-corrected chi connectivity index (χ0v) is 17.3. The van der Waals surface area contributed by atoms with Crippen LogP contribution in [0.5, 0.6) is 11.5 Å². The van der Waals surface area contributed by atoms with E-state index in [9.17, 15) is 14.9 Å². The SMILES string of the molecule is COc1cc(-c2nc(SCC(C)=O)[nH]c(=O)c2C#N)ccc1OCc1ccccc1. The minimum atomic E-state index is -0.558. The van der Waals surface area contributed by atoms with Crippen LogP contribution in [0, 0.1) is 11.3 Å². The Morgan fingerprint density at radius 3 is 2.63 bits per heavy atom. The second kappa shape index (κ2) is 9.76. The Bertz CT molecular complexity index is 1150. The number of hydrogen-bond donors (Lipinski definition) is 1. The molecule has 0 aliphatic carbocycles. The predicted octanol–water partition coefficient (Wildman–Crippen LogP) is 3.58. The van der Waals surface area contributed by atoms with Gasteiger partial charge in [0, 0.05) is 5.56 Å². The normalized spacial score (nSPS) is 10.3. The first-order chi connectivity index (χ1) is 14.5. The number of rotatable bonds is 8. The summed E-state index contributed by atoms with van der Waals surface area (Å²) in [5, 5.41) is 9.71. The lowest BCUT2D eigenvalue weighted by Gasteiger charge is -2.13. The molecule has 3 aromatic rings. The van der Waals surface area contributed by atoms with Crippen molar-refractivity contribution in [2.75, 3.05) is 12.9 Å². The van der Waals surface area contributed by atoms with Crippen molar-refractivity contribution in [3.8, 4) is 28.8 Å². The largest absolute Gasteiger partial charge is 0.493 e. The topological polar surface area (TPSA) is 105 Å². The number of aromatic amines is 1. The van der Waals surface area contributed by atoms with Crippen LogP contribution in [0.1, 0.15) is 18.1 Å². The summed E-state index contributed by atoms with van der Waals surface area (Å²) in [5.41, 5.74) is 1.10. The quantitative estimate of drug-likeness (QED) is 0.438. The van der Waals surface area contributed by atoms with Gasteiger partial charge in [0.15, 0.2) is 16.7 Å². The first kappa shape index (κ1) is 21.1. The van der Waals surface area contributed by atoms with E-state index < -0.39 is 5.56 Å². The van der Waals surface area contributed by atoms with Crippen LogP contribution in [0.25, 0.3) is 11.3 Å². The minimum Gasteiger partial charge on any atom is -0.493 e. The van der Waals surface area contributed by atoms with E-state index >= 15 is 0 Å². The van der Waals surface area contributed by atoms with Gasteiger partial charge in [0.1, 0.15) is 24.0 Å². The number of H-pyrrole nitrogens is 1. The number of ether oxygens (including phenoxy) is 2. The molecule has 152 valence electrons. The fourth-order valence-electron chi connectivity index (χ4n) is 2.67. The molecule has 0 aliphatic rings. The number of nitriles is 1. The number of aromatic nitrogens is 2. The average Bonchev–Trinajstić information content (AvgIpc) is 2.76. The lowest BCUT2D eigenvalue weighted by Crippen LogP contribution is -2.15. The Balaban J connectivity index is 1.94. The van der Waals surface area contributed by atoms with Gasteiger partial charge in [0.05, 0.1) is 18.6 Å². The van der Waals surface area contributed by atoms with Gasteiger partial charge in [-0.3, -0.25) is 9.59 Å². The van der Waals surface area contributed by atoms with Gasteiger partial charge in [-0.2, -0.15) is 5.26 Å². The molecule has 0 bridgehead atoms. The maximum Gasteiger partial charge on any atom is 0.270 e. The number of nitrogens with one attached hydrogen (secondary N) is 1. The molecule has 0 unspecified atom stereocenters. The molecule has 0 radical (unpaired) electrons. The van der Waals surface area contributed by atoms with E-state index in [1.54, 1.807) is 18.2 Å². The molecule has 0 aliphatic heterocycles. The van der Waals surface area contributed by atoms with Crippen LogP contribution < -0.4 is 15.0 Å². The number of thioether (sulfide) groups is 1. The van der Waals surface area contributed by atoms with Crippen LogP contribution in [-0.4, -0.2) is 28.6 Å². The monoisotopic (exact) mass is 421 g/mol. The van der Waals surface area contributed by atoms with Crippen LogP contribution in [0.2, 0.25) is 0 Å². The van der Waals surface area contributed by atoms with Crippen molar-refractivity contribution in [1.82, 2.24) is 9.97 Å². The number of carbonyl (C=O) groups excluding carboxylic acids is 1. The van der Waals surface area contributed by atoms with Gasteiger partial charge in [-0.25, -0.2) is 4.98 Å². The lowest BCUT2D eigenvalue weighted by molar-refractivity contribution is -0.114. The minimum absolute atomic E-state index is 0.0462. The molecule has 7 nitrogen and oxygen atoms in total. The third-order valence-corrected chi connectivity index (χ3v) is 5.11. The Labute approximate surface area is 177 Å². The molecule has 1 aromatic heterocycles. The van der Waals surface area contributed by atoms with Gasteiger partial charge in [-0.1, -0.05) is 42.1 Å². The van der Waals surface area contributed by atoms with Crippen LogP contribution >= 0.6 is 11.8 Å². The highest BCUT2D eigenvalue weighted by Gasteiger charge is 2.16. The van der Waals surface area contributed by atoms with Crippen LogP contribution in [0.3, 0.4) is 0 Å². The van der Waals surface area contributed by atoms with E-state index in [-0.39, 0.29) is 27.9 Å². The molecule has 0 saturated heterocycles. The fourth-order valence-corrected chi connectivity index (χ4v) is 3.33. The Morgan fingerprint density at radius 1 is 1.20 bits per heavy atom. The molecule has 0 atom stereocenters. The van der Waals surface area contributed by atoms with Crippen molar-refractivity contribution in [2.24, 2.45) is 0 Å². The molecule has 30 heavy (non-hydrogen) atoms. The van der Waals surface area contributed by atoms with Gasteiger partial charge >= 0.3 is 0 Å². The molecule has 1 heterocycles. The molecular formula is C22H19N3O4S. The first-order valence-electron chi connectivity index (χ1n) is 9.03. The molecule has 0 spiro atoms. The van der Waals surface area contributed by atoms with Gasteiger partial charge in [-0.15, -0.1) is 0 Å². The summed E-state index contributed by atoms with van der Waals surface area (Å²) in [4.78, 5) is 30.5. The summed E-state index contributed by atoms with van der Waals surface area (Å²) >= 11 is 1.11. The van der Waals surface area contributed by atoms with Crippen LogP contribution in [-0.2, 0) is 11.4 Å². The zero-order valence-electron chi connectivity index (χ0n) is 16.5. The predicted molar refractivity (Wildman–Crippen MR) is 114 cm³/mol. The van der Waals surface area contributed by atoms with Gasteiger partial charge in [0.2, 0.25) is 0 Å². The fraction of sp³-hybridized carbons (Fsp3) is 0.182. The third kappa shape index (κ3) is 5.07. The highest BCUT2D eigenvalue weighted by Crippen LogP contribution is 2.33. The highest BCUT2D eigenvalue weighted by molar-refractivity contribution is 7.99. The summed E-state index contributed by atoms with van der Waals surface area (Å²) < 4.78 is 11.3. The van der Waals surface area contributed by atoms with Crippen molar-refractivity contribution in [2.45, 2.75) is 18.7 Å². The van der Waals surface area contributed by atoms with E-state index in [4.69, 9.17) is 9.47 Å². The maximum absolute atomic E-state index is 12.3. The molecule has 0 amide bonds. The molecule has 1 N–H and O–H groups in total. The smallest absolute Gasteiger partial charge is 0.270 e. The summed E-state index contributed by atoms with van der Waals surface area (Å²) in [7, 11) is 1.51. The van der Waals surface area contributed by atoms with E-state index in [2.05, 4.69) is 9.97 Å². The number of nitrogens with zero attached hydrogens (tertiary/aromatic N) is 2. The van der Waals surface area contributed by atoms with Crippen LogP contribution in [0.15, 0.2) is 58.5 Å². The molecule has 0 saturated carbocycles. The summed E-state index contributed by atoms with van der Waals surface area (Å²) in [6.45, 7) is 1.82. The Kier molecular flexibility index (Phi) is 6.88. The van der Waals surface area contributed by atoms with Gasteiger partial charge in [-0.05, 0) is 30.7 Å². The number of ketones is 1. The van der Waals surface area contributed by atoms with Crippen molar-refractivity contribution in [3.05, 3.63) is 70.0 Å². The Hall–Kier alpha value is -3.57. The zero-order chi connectivity index (χ0) is 21.5. The number of carbonyl (C=O) groups is 1. The second-order valence-electron chi connectivity index (χ2n) is 6.34.